The summed E-state index contributed by atoms with van der Waals surface area (Å²) in [6.45, 7) is 6.18. The summed E-state index contributed by atoms with van der Waals surface area (Å²) in [6, 6.07) is 30.3. The Morgan fingerprint density at radius 1 is 0.923 bits per heavy atom. The van der Waals surface area contributed by atoms with Crippen LogP contribution in [0, 0.1) is 23.7 Å². The number of ether oxygens (including phenoxy) is 1. The number of nitriles is 1. The standard InChI is InChI=1S/C33H32ClN3O2/c1-23-28(34)15-9-16-29(23)36-18-20-37(21-19-36)32(38)33(2,22-35)31(27-13-6-7-17-30(27)39-3)26-14-8-11-24-10-4-5-12-25(24)26/h4-17,31H,18-21H2,1-3H3/t31?,33-/m1/s1. The Morgan fingerprint density at radius 3 is 2.31 bits per heavy atom. The minimum absolute atomic E-state index is 0.170. The largest absolute Gasteiger partial charge is 0.496 e. The van der Waals surface area contributed by atoms with Gasteiger partial charge in [0.15, 0.2) is 0 Å². The molecule has 198 valence electrons. The van der Waals surface area contributed by atoms with Gasteiger partial charge in [-0.1, -0.05) is 78.3 Å². The summed E-state index contributed by atoms with van der Waals surface area (Å²) in [4.78, 5) is 18.5. The van der Waals surface area contributed by atoms with Crippen LogP contribution in [0.1, 0.15) is 29.5 Å². The van der Waals surface area contributed by atoms with E-state index in [-0.39, 0.29) is 5.91 Å². The van der Waals surface area contributed by atoms with Crippen molar-refractivity contribution in [3.8, 4) is 11.8 Å². The van der Waals surface area contributed by atoms with Crippen LogP contribution in [-0.2, 0) is 4.79 Å². The summed E-state index contributed by atoms with van der Waals surface area (Å²) < 4.78 is 5.76. The minimum atomic E-state index is -1.37. The highest BCUT2D eigenvalue weighted by Crippen LogP contribution is 2.47. The molecule has 0 spiro atoms. The van der Waals surface area contributed by atoms with E-state index in [4.69, 9.17) is 16.3 Å². The molecule has 1 unspecified atom stereocenters. The fourth-order valence-corrected chi connectivity index (χ4v) is 6.02. The van der Waals surface area contributed by atoms with E-state index in [9.17, 15) is 10.1 Å². The van der Waals surface area contributed by atoms with Gasteiger partial charge in [-0.15, -0.1) is 0 Å². The second-order valence-electron chi connectivity index (χ2n) is 10.2. The van der Waals surface area contributed by atoms with E-state index in [1.165, 1.54) is 0 Å². The highest BCUT2D eigenvalue weighted by Gasteiger charge is 2.47. The van der Waals surface area contributed by atoms with Gasteiger partial charge in [0.1, 0.15) is 11.2 Å². The summed E-state index contributed by atoms with van der Waals surface area (Å²) >= 11 is 6.37. The van der Waals surface area contributed by atoms with E-state index < -0.39 is 11.3 Å². The number of carbonyl (C=O) groups is 1. The first-order valence-electron chi connectivity index (χ1n) is 13.2. The Balaban J connectivity index is 1.54. The van der Waals surface area contributed by atoms with Gasteiger partial charge < -0.3 is 14.5 Å². The molecule has 1 heterocycles. The van der Waals surface area contributed by atoms with E-state index in [0.717, 1.165) is 38.2 Å². The zero-order valence-electron chi connectivity index (χ0n) is 22.5. The summed E-state index contributed by atoms with van der Waals surface area (Å²) in [6.07, 6.45) is 0. The average molecular weight is 538 g/mol. The Kier molecular flexibility index (Phi) is 7.50. The van der Waals surface area contributed by atoms with Crippen molar-refractivity contribution in [1.29, 1.82) is 5.26 Å². The molecule has 2 atom stereocenters. The van der Waals surface area contributed by atoms with Crippen molar-refractivity contribution in [3.63, 3.8) is 0 Å². The highest BCUT2D eigenvalue weighted by atomic mass is 35.5. The molecule has 0 radical (unpaired) electrons. The van der Waals surface area contributed by atoms with Gasteiger partial charge in [0, 0.05) is 48.4 Å². The SMILES string of the molecule is COc1ccccc1C(c1cccc2ccccc12)[C@@](C)(C#N)C(=O)N1CCN(c2cccc(Cl)c2C)CC1. The van der Waals surface area contributed by atoms with Crippen LogP contribution in [0.5, 0.6) is 5.75 Å². The van der Waals surface area contributed by atoms with Gasteiger partial charge in [-0.2, -0.15) is 5.26 Å². The number of hydrogen-bond donors (Lipinski definition) is 0. The number of amides is 1. The highest BCUT2D eigenvalue weighted by molar-refractivity contribution is 6.31. The molecule has 0 bridgehead atoms. The molecule has 1 saturated heterocycles. The van der Waals surface area contributed by atoms with Crippen LogP contribution in [-0.4, -0.2) is 44.1 Å². The lowest BCUT2D eigenvalue weighted by atomic mass is 9.68. The number of halogens is 1. The third kappa shape index (κ3) is 4.82. The Hall–Kier alpha value is -4.01. The van der Waals surface area contributed by atoms with E-state index >= 15 is 0 Å². The number of benzene rings is 4. The average Bonchev–Trinajstić information content (AvgIpc) is 2.98. The first kappa shape index (κ1) is 26.6. The fourth-order valence-electron chi connectivity index (χ4n) is 5.85. The van der Waals surface area contributed by atoms with Crippen LogP contribution < -0.4 is 9.64 Å². The van der Waals surface area contributed by atoms with Gasteiger partial charge in [0.05, 0.1) is 13.2 Å². The zero-order chi connectivity index (χ0) is 27.6. The van der Waals surface area contributed by atoms with Crippen LogP contribution >= 0.6 is 11.6 Å². The molecule has 0 saturated carbocycles. The van der Waals surface area contributed by atoms with Crippen molar-refractivity contribution in [2.75, 3.05) is 38.2 Å². The Labute approximate surface area is 235 Å². The summed E-state index contributed by atoms with van der Waals surface area (Å²) in [7, 11) is 1.63. The summed E-state index contributed by atoms with van der Waals surface area (Å²) in [5.74, 6) is -0.0484. The third-order valence-electron chi connectivity index (χ3n) is 7.98. The number of carbonyl (C=O) groups excluding carboxylic acids is 1. The van der Waals surface area contributed by atoms with Gasteiger partial charge >= 0.3 is 0 Å². The molecule has 39 heavy (non-hydrogen) atoms. The van der Waals surface area contributed by atoms with Crippen molar-refractivity contribution < 1.29 is 9.53 Å². The topological polar surface area (TPSA) is 56.6 Å². The molecule has 1 amide bonds. The Bertz CT molecular complexity index is 1550. The van der Waals surface area contributed by atoms with Gasteiger partial charge in [-0.25, -0.2) is 0 Å². The first-order chi connectivity index (χ1) is 18.9. The molecular formula is C33H32ClN3O2. The second kappa shape index (κ2) is 11.0. The maximum atomic E-state index is 14.4. The smallest absolute Gasteiger partial charge is 0.243 e. The normalized spacial score (nSPS) is 15.9. The van der Waals surface area contributed by atoms with Crippen molar-refractivity contribution in [3.05, 3.63) is 107 Å². The Morgan fingerprint density at radius 2 is 1.56 bits per heavy atom. The van der Waals surface area contributed by atoms with Crippen LogP contribution in [0.25, 0.3) is 10.8 Å². The van der Waals surface area contributed by atoms with E-state index in [2.05, 4.69) is 35.2 Å². The molecule has 0 aliphatic carbocycles. The molecule has 1 aliphatic heterocycles. The summed E-state index contributed by atoms with van der Waals surface area (Å²) in [5.41, 5.74) is 2.51. The molecule has 1 fully saturated rings. The second-order valence-corrected chi connectivity index (χ2v) is 10.6. The molecule has 1 aliphatic rings. The lowest BCUT2D eigenvalue weighted by Crippen LogP contribution is -2.54. The van der Waals surface area contributed by atoms with Crippen molar-refractivity contribution in [1.82, 2.24) is 4.90 Å². The van der Waals surface area contributed by atoms with Gasteiger partial charge in [0.2, 0.25) is 5.91 Å². The van der Waals surface area contributed by atoms with E-state index in [1.807, 2.05) is 72.5 Å². The number of methoxy groups -OCH3 is 1. The van der Waals surface area contributed by atoms with Crippen LogP contribution in [0.2, 0.25) is 5.02 Å². The van der Waals surface area contributed by atoms with Gasteiger partial charge in [-0.05, 0) is 53.9 Å². The quantitative estimate of drug-likeness (QED) is 0.271. The molecule has 0 aromatic heterocycles. The number of nitrogens with zero attached hydrogens (tertiary/aromatic N) is 3. The molecule has 0 N–H and O–H groups in total. The number of hydrogen-bond acceptors (Lipinski definition) is 4. The van der Waals surface area contributed by atoms with Crippen LogP contribution in [0.15, 0.2) is 84.9 Å². The minimum Gasteiger partial charge on any atom is -0.496 e. The predicted molar refractivity (Wildman–Crippen MR) is 157 cm³/mol. The number of piperazine rings is 1. The lowest BCUT2D eigenvalue weighted by molar-refractivity contribution is -0.139. The van der Waals surface area contributed by atoms with E-state index in [0.29, 0.717) is 31.9 Å². The monoisotopic (exact) mass is 537 g/mol. The van der Waals surface area contributed by atoms with Gasteiger partial charge in [0.25, 0.3) is 0 Å². The molecule has 5 nitrogen and oxygen atoms in total. The molecule has 5 rings (SSSR count). The molecule has 6 heteroatoms. The van der Waals surface area contributed by atoms with Crippen molar-refractivity contribution in [2.24, 2.45) is 5.41 Å². The van der Waals surface area contributed by atoms with Gasteiger partial charge in [-0.3, -0.25) is 4.79 Å². The number of anilines is 1. The van der Waals surface area contributed by atoms with E-state index in [1.54, 1.807) is 14.0 Å². The lowest BCUT2D eigenvalue weighted by Gasteiger charge is -2.41. The third-order valence-corrected chi connectivity index (χ3v) is 8.39. The maximum absolute atomic E-state index is 14.4. The maximum Gasteiger partial charge on any atom is 0.243 e. The number of para-hydroxylation sites is 1. The van der Waals surface area contributed by atoms with Crippen LogP contribution in [0.4, 0.5) is 5.69 Å². The zero-order valence-corrected chi connectivity index (χ0v) is 23.3. The molecule has 4 aromatic carbocycles. The molecular weight excluding hydrogens is 506 g/mol. The number of rotatable bonds is 6. The molecule has 4 aromatic rings. The number of fused-ring (bicyclic) bond motifs is 1. The van der Waals surface area contributed by atoms with Crippen molar-refractivity contribution in [2.45, 2.75) is 19.8 Å². The van der Waals surface area contributed by atoms with Crippen molar-refractivity contribution >= 4 is 34.0 Å². The first-order valence-corrected chi connectivity index (χ1v) is 13.6. The summed E-state index contributed by atoms with van der Waals surface area (Å²) in [5, 5.41) is 13.6. The van der Waals surface area contributed by atoms with Crippen LogP contribution in [0.3, 0.4) is 0 Å². The fraction of sp³-hybridized carbons (Fsp3) is 0.273. The predicted octanol–water partition coefficient (Wildman–Crippen LogP) is 6.82.